The Bertz CT molecular complexity index is 493. The van der Waals surface area contributed by atoms with Crippen LogP contribution in [0.25, 0.3) is 0 Å². The van der Waals surface area contributed by atoms with E-state index in [1.165, 1.54) is 0 Å². The number of benzene rings is 1. The molecule has 0 saturated carbocycles. The minimum Gasteiger partial charge on any atom is -0.331 e. The van der Waals surface area contributed by atoms with Crippen molar-refractivity contribution < 1.29 is 4.79 Å². The third-order valence-corrected chi connectivity index (χ3v) is 4.89. The molecule has 0 unspecified atom stereocenters. The highest BCUT2D eigenvalue weighted by Crippen LogP contribution is 2.29. The van der Waals surface area contributed by atoms with E-state index in [-0.39, 0.29) is 17.0 Å². The van der Waals surface area contributed by atoms with Gasteiger partial charge >= 0.3 is 0 Å². The molecule has 0 N–H and O–H groups in total. The predicted octanol–water partition coefficient (Wildman–Crippen LogP) is 3.41. The Labute approximate surface area is 128 Å². The first-order valence-electron chi connectivity index (χ1n) is 7.90. The van der Waals surface area contributed by atoms with E-state index in [1.807, 2.05) is 35.2 Å². The molecule has 1 heterocycles. The van der Waals surface area contributed by atoms with Gasteiger partial charge in [0.05, 0.1) is 5.54 Å². The molecule has 1 aliphatic rings. The summed E-state index contributed by atoms with van der Waals surface area (Å²) < 4.78 is 0. The summed E-state index contributed by atoms with van der Waals surface area (Å²) >= 11 is 0. The van der Waals surface area contributed by atoms with Crippen LogP contribution in [-0.2, 0) is 0 Å². The van der Waals surface area contributed by atoms with Crippen LogP contribution >= 0.6 is 0 Å². The van der Waals surface area contributed by atoms with Gasteiger partial charge in [-0.15, -0.1) is 0 Å². The first kappa shape index (κ1) is 16.0. The standard InChI is InChI=1S/C18H28N2O/c1-6-17(2,3)19-12-13-20(18(4,5)14-19)16(21)15-10-8-7-9-11-15/h7-11H,6,12-14H2,1-5H3. The number of rotatable bonds is 3. The molecule has 1 saturated heterocycles. The van der Waals surface area contributed by atoms with Gasteiger partial charge < -0.3 is 4.90 Å². The van der Waals surface area contributed by atoms with Gasteiger partial charge in [-0.3, -0.25) is 9.69 Å². The average molecular weight is 288 g/mol. The third-order valence-electron chi connectivity index (χ3n) is 4.89. The van der Waals surface area contributed by atoms with Crippen molar-refractivity contribution >= 4 is 5.91 Å². The van der Waals surface area contributed by atoms with Crippen LogP contribution in [0.3, 0.4) is 0 Å². The maximum atomic E-state index is 12.7. The van der Waals surface area contributed by atoms with Crippen LogP contribution < -0.4 is 0 Å². The first-order valence-corrected chi connectivity index (χ1v) is 7.90. The molecule has 116 valence electrons. The Kier molecular flexibility index (Phi) is 4.43. The van der Waals surface area contributed by atoms with Gasteiger partial charge in [0.15, 0.2) is 0 Å². The van der Waals surface area contributed by atoms with Gasteiger partial charge in [-0.1, -0.05) is 25.1 Å². The van der Waals surface area contributed by atoms with Crippen molar-refractivity contribution in [3.63, 3.8) is 0 Å². The molecule has 0 aromatic heterocycles. The van der Waals surface area contributed by atoms with Crippen LogP contribution in [0.5, 0.6) is 0 Å². The van der Waals surface area contributed by atoms with Crippen LogP contribution in [0.4, 0.5) is 0 Å². The lowest BCUT2D eigenvalue weighted by Gasteiger charge is -2.52. The monoisotopic (exact) mass is 288 g/mol. The van der Waals surface area contributed by atoms with E-state index >= 15 is 0 Å². The highest BCUT2D eigenvalue weighted by Gasteiger charge is 2.40. The predicted molar refractivity (Wildman–Crippen MR) is 87.5 cm³/mol. The molecule has 1 aliphatic heterocycles. The molecule has 21 heavy (non-hydrogen) atoms. The number of carbonyl (C=O) groups excluding carboxylic acids is 1. The number of carbonyl (C=O) groups is 1. The zero-order valence-corrected chi connectivity index (χ0v) is 14.0. The van der Waals surface area contributed by atoms with Crippen molar-refractivity contribution in [3.8, 4) is 0 Å². The number of hydrogen-bond acceptors (Lipinski definition) is 2. The SMILES string of the molecule is CCC(C)(C)N1CCN(C(=O)c2ccccc2)C(C)(C)C1. The minimum atomic E-state index is -0.141. The van der Waals surface area contributed by atoms with Crippen molar-refractivity contribution in [2.75, 3.05) is 19.6 Å². The second-order valence-electron chi connectivity index (χ2n) is 7.22. The molecule has 3 heteroatoms. The largest absolute Gasteiger partial charge is 0.331 e. The summed E-state index contributed by atoms with van der Waals surface area (Å²) in [5.74, 6) is 0.148. The summed E-state index contributed by atoms with van der Waals surface area (Å²) in [6, 6.07) is 9.61. The Morgan fingerprint density at radius 2 is 1.81 bits per heavy atom. The highest BCUT2D eigenvalue weighted by molar-refractivity contribution is 5.94. The van der Waals surface area contributed by atoms with Crippen LogP contribution in [-0.4, -0.2) is 46.4 Å². The van der Waals surface area contributed by atoms with E-state index in [0.29, 0.717) is 0 Å². The summed E-state index contributed by atoms with van der Waals surface area (Å²) in [6.07, 6.45) is 1.12. The van der Waals surface area contributed by atoms with E-state index in [4.69, 9.17) is 0 Å². The second kappa shape index (κ2) is 5.80. The van der Waals surface area contributed by atoms with Crippen molar-refractivity contribution in [2.45, 2.75) is 52.1 Å². The number of piperazine rings is 1. The summed E-state index contributed by atoms with van der Waals surface area (Å²) in [4.78, 5) is 17.3. The molecule has 1 aromatic carbocycles. The summed E-state index contributed by atoms with van der Waals surface area (Å²) in [7, 11) is 0. The molecule has 0 spiro atoms. The second-order valence-corrected chi connectivity index (χ2v) is 7.22. The zero-order valence-electron chi connectivity index (χ0n) is 14.0. The maximum absolute atomic E-state index is 12.7. The van der Waals surface area contributed by atoms with Gasteiger partial charge in [0.25, 0.3) is 5.91 Å². The van der Waals surface area contributed by atoms with E-state index < -0.39 is 0 Å². The molecule has 0 aliphatic carbocycles. The summed E-state index contributed by atoms with van der Waals surface area (Å²) in [6.45, 7) is 13.8. The number of nitrogens with zero attached hydrogens (tertiary/aromatic N) is 2. The maximum Gasteiger partial charge on any atom is 0.254 e. The van der Waals surface area contributed by atoms with Gasteiger partial charge in [0.1, 0.15) is 0 Å². The Morgan fingerprint density at radius 3 is 2.33 bits per heavy atom. The summed E-state index contributed by atoms with van der Waals surface area (Å²) in [5, 5.41) is 0. The van der Waals surface area contributed by atoms with Gasteiger partial charge in [-0.05, 0) is 46.2 Å². The van der Waals surface area contributed by atoms with Gasteiger partial charge in [0.2, 0.25) is 0 Å². The molecule has 3 nitrogen and oxygen atoms in total. The van der Waals surface area contributed by atoms with Crippen molar-refractivity contribution in [3.05, 3.63) is 35.9 Å². The number of amides is 1. The molecule has 1 fully saturated rings. The van der Waals surface area contributed by atoms with Crippen molar-refractivity contribution in [2.24, 2.45) is 0 Å². The fourth-order valence-electron chi connectivity index (χ4n) is 3.01. The Hall–Kier alpha value is -1.35. The fraction of sp³-hybridized carbons (Fsp3) is 0.611. The lowest BCUT2D eigenvalue weighted by molar-refractivity contribution is -0.0169. The molecule has 0 radical (unpaired) electrons. The van der Waals surface area contributed by atoms with Gasteiger partial charge in [-0.2, -0.15) is 0 Å². The van der Waals surface area contributed by atoms with Crippen LogP contribution in [0.1, 0.15) is 51.4 Å². The van der Waals surface area contributed by atoms with Crippen LogP contribution in [0.2, 0.25) is 0 Å². The molecule has 0 bridgehead atoms. The molecule has 1 aromatic rings. The lowest BCUT2D eigenvalue weighted by Crippen LogP contribution is -2.64. The van der Waals surface area contributed by atoms with Gasteiger partial charge in [0, 0.05) is 30.7 Å². The van der Waals surface area contributed by atoms with Crippen LogP contribution in [0, 0.1) is 0 Å². The Morgan fingerprint density at radius 1 is 1.19 bits per heavy atom. The number of hydrogen-bond donors (Lipinski definition) is 0. The van der Waals surface area contributed by atoms with Gasteiger partial charge in [-0.25, -0.2) is 0 Å². The molecular formula is C18H28N2O. The molecule has 2 rings (SSSR count). The van der Waals surface area contributed by atoms with E-state index in [9.17, 15) is 4.79 Å². The lowest BCUT2D eigenvalue weighted by atomic mass is 9.91. The molecule has 0 atom stereocenters. The first-order chi connectivity index (χ1) is 9.78. The average Bonchev–Trinajstić information content (AvgIpc) is 2.46. The smallest absolute Gasteiger partial charge is 0.254 e. The quantitative estimate of drug-likeness (QED) is 0.851. The third kappa shape index (κ3) is 3.29. The van der Waals surface area contributed by atoms with E-state index in [2.05, 4.69) is 39.5 Å². The van der Waals surface area contributed by atoms with E-state index in [0.717, 1.165) is 31.6 Å². The summed E-state index contributed by atoms with van der Waals surface area (Å²) in [5.41, 5.74) is 0.838. The Balaban J connectivity index is 2.16. The zero-order chi connectivity index (χ0) is 15.7. The van der Waals surface area contributed by atoms with E-state index in [1.54, 1.807) is 0 Å². The normalized spacial score (nSPS) is 19.6. The topological polar surface area (TPSA) is 23.6 Å². The molecular weight excluding hydrogens is 260 g/mol. The fourth-order valence-corrected chi connectivity index (χ4v) is 3.01. The highest BCUT2D eigenvalue weighted by atomic mass is 16.2. The molecule has 1 amide bonds. The van der Waals surface area contributed by atoms with Crippen molar-refractivity contribution in [1.29, 1.82) is 0 Å². The minimum absolute atomic E-state index is 0.141. The van der Waals surface area contributed by atoms with Crippen molar-refractivity contribution in [1.82, 2.24) is 9.80 Å². The van der Waals surface area contributed by atoms with Crippen LogP contribution in [0.15, 0.2) is 30.3 Å².